The van der Waals surface area contributed by atoms with Gasteiger partial charge in [0.15, 0.2) is 0 Å². The molecule has 1 atom stereocenters. The van der Waals surface area contributed by atoms with Crippen molar-refractivity contribution in [3.63, 3.8) is 0 Å². The number of anilines is 1. The number of piperidine rings is 1. The van der Waals surface area contributed by atoms with E-state index in [-0.39, 0.29) is 23.6 Å². The molecule has 1 unspecified atom stereocenters. The van der Waals surface area contributed by atoms with Crippen LogP contribution in [0.5, 0.6) is 5.75 Å². The molecule has 5 rings (SSSR count). The lowest BCUT2D eigenvalue weighted by atomic mass is 9.97. The molecule has 1 saturated heterocycles. The third kappa shape index (κ3) is 3.47. The first-order valence-corrected chi connectivity index (χ1v) is 10.3. The standard InChI is InChI=1S/C23H22N4O3/c28-22(20-14-24-18-6-1-2-7-19(18)26-20)25-15-8-9-21-17(13-15)23(29)27-11-4-3-5-16(27)10-12-30-21/h1-2,6-9,13-14,16H,3-5,10-12H2,(H,25,28). The molecular formula is C23H22N4O3. The maximum atomic E-state index is 13.2. The summed E-state index contributed by atoms with van der Waals surface area (Å²) >= 11 is 0. The number of ether oxygens (including phenoxy) is 1. The van der Waals surface area contributed by atoms with E-state index in [0.29, 0.717) is 29.1 Å². The second-order valence-electron chi connectivity index (χ2n) is 7.69. The SMILES string of the molecule is O=C(Nc1ccc2c(c1)C(=O)N1CCCCC1CCO2)c1cnc2ccccc2n1. The Bertz CT molecular complexity index is 1130. The monoisotopic (exact) mass is 402 g/mol. The predicted octanol–water partition coefficient (Wildman–Crippen LogP) is 3.66. The lowest BCUT2D eigenvalue weighted by molar-refractivity contribution is 0.0548. The Morgan fingerprint density at radius 3 is 2.87 bits per heavy atom. The van der Waals surface area contributed by atoms with Gasteiger partial charge in [-0.25, -0.2) is 4.98 Å². The summed E-state index contributed by atoms with van der Waals surface area (Å²) in [6.45, 7) is 1.35. The van der Waals surface area contributed by atoms with Crippen molar-refractivity contribution in [3.8, 4) is 5.75 Å². The van der Waals surface area contributed by atoms with E-state index in [1.165, 1.54) is 6.20 Å². The number of amides is 2. The number of hydrogen-bond acceptors (Lipinski definition) is 5. The molecule has 30 heavy (non-hydrogen) atoms. The number of para-hydroxylation sites is 2. The largest absolute Gasteiger partial charge is 0.493 e. The van der Waals surface area contributed by atoms with Crippen molar-refractivity contribution in [2.24, 2.45) is 0 Å². The molecule has 3 aromatic rings. The Morgan fingerprint density at radius 1 is 1.10 bits per heavy atom. The van der Waals surface area contributed by atoms with Crippen LogP contribution in [0.1, 0.15) is 46.5 Å². The summed E-state index contributed by atoms with van der Waals surface area (Å²) in [7, 11) is 0. The van der Waals surface area contributed by atoms with E-state index in [4.69, 9.17) is 4.74 Å². The van der Waals surface area contributed by atoms with Crippen LogP contribution < -0.4 is 10.1 Å². The highest BCUT2D eigenvalue weighted by atomic mass is 16.5. The first-order chi connectivity index (χ1) is 14.7. The molecule has 2 aliphatic rings. The molecule has 0 radical (unpaired) electrons. The van der Waals surface area contributed by atoms with Crippen LogP contribution >= 0.6 is 0 Å². The highest BCUT2D eigenvalue weighted by molar-refractivity contribution is 6.05. The van der Waals surface area contributed by atoms with Gasteiger partial charge in [-0.2, -0.15) is 0 Å². The van der Waals surface area contributed by atoms with Gasteiger partial charge in [0.25, 0.3) is 11.8 Å². The zero-order valence-corrected chi connectivity index (χ0v) is 16.5. The lowest BCUT2D eigenvalue weighted by Gasteiger charge is -2.37. The maximum Gasteiger partial charge on any atom is 0.275 e. The lowest BCUT2D eigenvalue weighted by Crippen LogP contribution is -2.45. The minimum absolute atomic E-state index is 0.0315. The van der Waals surface area contributed by atoms with Gasteiger partial charge >= 0.3 is 0 Å². The average molecular weight is 402 g/mol. The number of benzene rings is 2. The van der Waals surface area contributed by atoms with Crippen molar-refractivity contribution in [1.82, 2.24) is 14.9 Å². The van der Waals surface area contributed by atoms with Gasteiger partial charge in [-0.1, -0.05) is 12.1 Å². The number of hydrogen-bond donors (Lipinski definition) is 1. The summed E-state index contributed by atoms with van der Waals surface area (Å²) in [5, 5.41) is 2.83. The number of aromatic nitrogens is 2. The summed E-state index contributed by atoms with van der Waals surface area (Å²) in [4.78, 5) is 36.5. The fraction of sp³-hybridized carbons (Fsp3) is 0.304. The van der Waals surface area contributed by atoms with Gasteiger partial charge in [-0.05, 0) is 49.6 Å². The molecular weight excluding hydrogens is 380 g/mol. The van der Waals surface area contributed by atoms with E-state index >= 15 is 0 Å². The fourth-order valence-electron chi connectivity index (χ4n) is 4.19. The number of nitrogens with one attached hydrogen (secondary N) is 1. The first kappa shape index (κ1) is 18.5. The molecule has 2 amide bonds. The van der Waals surface area contributed by atoms with Gasteiger partial charge in [-0.15, -0.1) is 0 Å². The Hall–Kier alpha value is -3.48. The average Bonchev–Trinajstić information content (AvgIpc) is 2.78. The van der Waals surface area contributed by atoms with Crippen LogP contribution in [0.25, 0.3) is 11.0 Å². The molecule has 7 heteroatoms. The molecule has 3 heterocycles. The highest BCUT2D eigenvalue weighted by Crippen LogP contribution is 2.31. The maximum absolute atomic E-state index is 13.2. The van der Waals surface area contributed by atoms with Crippen molar-refractivity contribution in [2.75, 3.05) is 18.5 Å². The zero-order valence-electron chi connectivity index (χ0n) is 16.5. The Balaban J connectivity index is 1.41. The van der Waals surface area contributed by atoms with E-state index in [2.05, 4.69) is 15.3 Å². The van der Waals surface area contributed by atoms with E-state index in [1.807, 2.05) is 29.2 Å². The van der Waals surface area contributed by atoms with Crippen LogP contribution in [0.3, 0.4) is 0 Å². The van der Waals surface area contributed by atoms with Crippen molar-refractivity contribution in [3.05, 3.63) is 59.9 Å². The molecule has 7 nitrogen and oxygen atoms in total. The second-order valence-corrected chi connectivity index (χ2v) is 7.69. The predicted molar refractivity (Wildman–Crippen MR) is 113 cm³/mol. The Kier molecular flexibility index (Phi) is 4.78. The summed E-state index contributed by atoms with van der Waals surface area (Å²) < 4.78 is 5.86. The number of nitrogens with zero attached hydrogens (tertiary/aromatic N) is 3. The number of rotatable bonds is 2. The number of fused-ring (bicyclic) bond motifs is 3. The van der Waals surface area contributed by atoms with Crippen LogP contribution in [-0.2, 0) is 0 Å². The smallest absolute Gasteiger partial charge is 0.275 e. The normalized spacial score (nSPS) is 18.6. The van der Waals surface area contributed by atoms with Gasteiger partial charge in [0.2, 0.25) is 0 Å². The third-order valence-corrected chi connectivity index (χ3v) is 5.75. The molecule has 0 saturated carbocycles. The topological polar surface area (TPSA) is 84.4 Å². The van der Waals surface area contributed by atoms with Crippen molar-refractivity contribution < 1.29 is 14.3 Å². The summed E-state index contributed by atoms with van der Waals surface area (Å²) in [5.41, 5.74) is 2.62. The quantitative estimate of drug-likeness (QED) is 0.707. The van der Waals surface area contributed by atoms with Crippen LogP contribution in [0.4, 0.5) is 5.69 Å². The molecule has 0 aliphatic carbocycles. The second kappa shape index (κ2) is 7.74. The highest BCUT2D eigenvalue weighted by Gasteiger charge is 2.31. The molecule has 1 fully saturated rings. The van der Waals surface area contributed by atoms with Gasteiger partial charge in [-0.3, -0.25) is 14.6 Å². The molecule has 2 aromatic carbocycles. The molecule has 152 valence electrons. The van der Waals surface area contributed by atoms with Gasteiger partial charge in [0.1, 0.15) is 11.4 Å². The van der Waals surface area contributed by atoms with E-state index in [1.54, 1.807) is 18.2 Å². The van der Waals surface area contributed by atoms with Gasteiger partial charge in [0, 0.05) is 24.7 Å². The minimum Gasteiger partial charge on any atom is -0.493 e. The van der Waals surface area contributed by atoms with E-state index in [9.17, 15) is 9.59 Å². The minimum atomic E-state index is -0.372. The third-order valence-electron chi connectivity index (χ3n) is 5.75. The zero-order chi connectivity index (χ0) is 20.5. The molecule has 2 aliphatic heterocycles. The molecule has 1 N–H and O–H groups in total. The van der Waals surface area contributed by atoms with Crippen LogP contribution in [0.2, 0.25) is 0 Å². The summed E-state index contributed by atoms with van der Waals surface area (Å²) in [6, 6.07) is 12.8. The van der Waals surface area contributed by atoms with E-state index < -0.39 is 0 Å². The van der Waals surface area contributed by atoms with Gasteiger partial charge < -0.3 is 15.0 Å². The van der Waals surface area contributed by atoms with Crippen molar-refractivity contribution in [1.29, 1.82) is 0 Å². The Labute approximate surface area is 174 Å². The molecule has 0 bridgehead atoms. The van der Waals surface area contributed by atoms with E-state index in [0.717, 1.165) is 37.7 Å². The summed E-state index contributed by atoms with van der Waals surface area (Å²) in [5.74, 6) is 0.159. The fourth-order valence-corrected chi connectivity index (χ4v) is 4.19. The van der Waals surface area contributed by atoms with Crippen LogP contribution in [-0.4, -0.2) is 45.9 Å². The molecule has 1 aromatic heterocycles. The molecule has 0 spiro atoms. The first-order valence-electron chi connectivity index (χ1n) is 10.3. The number of carbonyl (C=O) groups excluding carboxylic acids is 2. The number of carbonyl (C=O) groups is 2. The van der Waals surface area contributed by atoms with Crippen molar-refractivity contribution >= 4 is 28.5 Å². The van der Waals surface area contributed by atoms with Crippen molar-refractivity contribution in [2.45, 2.75) is 31.7 Å². The van der Waals surface area contributed by atoms with Crippen LogP contribution in [0.15, 0.2) is 48.7 Å². The Morgan fingerprint density at radius 2 is 1.97 bits per heavy atom. The summed E-state index contributed by atoms with van der Waals surface area (Å²) in [6.07, 6.45) is 5.49. The van der Waals surface area contributed by atoms with Crippen LogP contribution in [0, 0.1) is 0 Å². The van der Waals surface area contributed by atoms with Gasteiger partial charge in [0.05, 0.1) is 29.4 Å².